The maximum absolute atomic E-state index is 13.3. The molecule has 2 heterocycles. The molecule has 4 aromatic rings. The first kappa shape index (κ1) is 22.2. The van der Waals surface area contributed by atoms with E-state index in [0.29, 0.717) is 23.4 Å². The average molecular weight is 442 g/mol. The zero-order chi connectivity index (χ0) is 23.5. The van der Waals surface area contributed by atoms with Crippen molar-refractivity contribution < 1.29 is 9.59 Å². The Morgan fingerprint density at radius 2 is 1.79 bits per heavy atom. The van der Waals surface area contributed by atoms with Crippen LogP contribution in [-0.4, -0.2) is 26.6 Å². The molecule has 2 amide bonds. The quantitative estimate of drug-likeness (QED) is 0.462. The lowest BCUT2D eigenvalue weighted by molar-refractivity contribution is -0.118. The summed E-state index contributed by atoms with van der Waals surface area (Å²) in [4.78, 5) is 30.0. The Morgan fingerprint density at radius 3 is 2.52 bits per heavy atom. The highest BCUT2D eigenvalue weighted by atomic mass is 16.2. The molecule has 0 unspecified atom stereocenters. The van der Waals surface area contributed by atoms with Crippen molar-refractivity contribution in [2.45, 2.75) is 27.3 Å². The van der Waals surface area contributed by atoms with E-state index >= 15 is 0 Å². The van der Waals surface area contributed by atoms with Gasteiger partial charge in [-0.3, -0.25) is 14.3 Å². The molecule has 0 atom stereocenters. The van der Waals surface area contributed by atoms with Gasteiger partial charge in [0.2, 0.25) is 5.91 Å². The molecule has 4 rings (SSSR count). The van der Waals surface area contributed by atoms with Gasteiger partial charge in [0.15, 0.2) is 5.65 Å². The van der Waals surface area contributed by atoms with Gasteiger partial charge >= 0.3 is 0 Å². The lowest BCUT2D eigenvalue weighted by Crippen LogP contribution is -2.23. The summed E-state index contributed by atoms with van der Waals surface area (Å²) in [5.74, 6) is -0.354. The van der Waals surface area contributed by atoms with Crippen LogP contribution in [0.25, 0.3) is 22.3 Å². The van der Waals surface area contributed by atoms with Gasteiger partial charge in [-0.05, 0) is 30.7 Å². The van der Waals surface area contributed by atoms with Crippen LogP contribution in [0.15, 0.2) is 60.7 Å². The monoisotopic (exact) mass is 441 g/mol. The van der Waals surface area contributed by atoms with Crippen molar-refractivity contribution in [3.8, 4) is 11.3 Å². The molecule has 7 heteroatoms. The SMILES string of the molecule is Cc1nn(C)c2nc(-c3ccccc3)cc(C(=O)NCc3cccc(NC(=O)C(C)C)c3)c12. The minimum Gasteiger partial charge on any atom is -0.348 e. The number of hydrogen-bond donors (Lipinski definition) is 2. The number of aryl methyl sites for hydroxylation is 2. The molecule has 168 valence electrons. The molecule has 0 saturated carbocycles. The number of pyridine rings is 1. The van der Waals surface area contributed by atoms with Gasteiger partial charge in [-0.15, -0.1) is 0 Å². The van der Waals surface area contributed by atoms with E-state index in [9.17, 15) is 9.59 Å². The molecule has 0 aliphatic carbocycles. The van der Waals surface area contributed by atoms with Gasteiger partial charge in [-0.1, -0.05) is 56.3 Å². The number of nitrogens with one attached hydrogen (secondary N) is 2. The number of anilines is 1. The first-order valence-electron chi connectivity index (χ1n) is 10.9. The van der Waals surface area contributed by atoms with E-state index in [-0.39, 0.29) is 17.7 Å². The summed E-state index contributed by atoms with van der Waals surface area (Å²) in [6.45, 7) is 5.90. The third kappa shape index (κ3) is 4.77. The van der Waals surface area contributed by atoms with Crippen molar-refractivity contribution in [3.05, 3.63) is 77.5 Å². The standard InChI is InChI=1S/C26H27N5O2/c1-16(2)25(32)28-20-12-8-9-18(13-20)15-27-26(33)21-14-22(19-10-6-5-7-11-19)29-24-23(21)17(3)30-31(24)4/h5-14,16H,15H2,1-4H3,(H,27,33)(H,28,32). The van der Waals surface area contributed by atoms with Gasteiger partial charge in [-0.25, -0.2) is 4.98 Å². The van der Waals surface area contributed by atoms with Crippen LogP contribution >= 0.6 is 0 Å². The van der Waals surface area contributed by atoms with Crippen molar-refractivity contribution in [3.63, 3.8) is 0 Å². The summed E-state index contributed by atoms with van der Waals surface area (Å²) < 4.78 is 1.70. The number of hydrogen-bond acceptors (Lipinski definition) is 4. The lowest BCUT2D eigenvalue weighted by atomic mass is 10.0. The molecule has 0 spiro atoms. The van der Waals surface area contributed by atoms with E-state index in [4.69, 9.17) is 4.98 Å². The fraction of sp³-hybridized carbons (Fsp3) is 0.231. The lowest BCUT2D eigenvalue weighted by Gasteiger charge is -2.11. The number of aromatic nitrogens is 3. The molecule has 0 fully saturated rings. The third-order valence-corrected chi connectivity index (χ3v) is 5.45. The number of amides is 2. The number of nitrogens with zero attached hydrogens (tertiary/aromatic N) is 3. The first-order chi connectivity index (χ1) is 15.8. The average Bonchev–Trinajstić information content (AvgIpc) is 3.11. The van der Waals surface area contributed by atoms with Gasteiger partial charge in [0, 0.05) is 30.8 Å². The molecule has 0 saturated heterocycles. The molecule has 0 aliphatic rings. The van der Waals surface area contributed by atoms with Crippen molar-refractivity contribution in [1.82, 2.24) is 20.1 Å². The third-order valence-electron chi connectivity index (χ3n) is 5.45. The minimum atomic E-state index is -0.202. The predicted octanol–water partition coefficient (Wildman–Crippen LogP) is 4.47. The van der Waals surface area contributed by atoms with Gasteiger partial charge in [0.05, 0.1) is 22.3 Å². The second kappa shape index (κ2) is 9.24. The van der Waals surface area contributed by atoms with E-state index in [2.05, 4.69) is 15.7 Å². The van der Waals surface area contributed by atoms with Gasteiger partial charge < -0.3 is 10.6 Å². The van der Waals surface area contributed by atoms with Crippen LogP contribution in [0.5, 0.6) is 0 Å². The predicted molar refractivity (Wildman–Crippen MR) is 130 cm³/mol. The number of rotatable bonds is 6. The summed E-state index contributed by atoms with van der Waals surface area (Å²) in [6.07, 6.45) is 0. The fourth-order valence-electron chi connectivity index (χ4n) is 3.70. The number of benzene rings is 2. The number of fused-ring (bicyclic) bond motifs is 1. The van der Waals surface area contributed by atoms with Crippen LogP contribution in [0.1, 0.15) is 35.5 Å². The fourth-order valence-corrected chi connectivity index (χ4v) is 3.70. The van der Waals surface area contributed by atoms with Crippen molar-refractivity contribution >= 4 is 28.5 Å². The number of carbonyl (C=O) groups excluding carboxylic acids is 2. The highest BCUT2D eigenvalue weighted by Gasteiger charge is 2.19. The summed E-state index contributed by atoms with van der Waals surface area (Å²) in [5.41, 5.74) is 5.20. The molecule has 2 aromatic carbocycles. The van der Waals surface area contributed by atoms with Crippen LogP contribution in [0.4, 0.5) is 5.69 Å². The second-order valence-corrected chi connectivity index (χ2v) is 8.36. The largest absolute Gasteiger partial charge is 0.348 e. The summed E-state index contributed by atoms with van der Waals surface area (Å²) >= 11 is 0. The Kier molecular flexibility index (Phi) is 6.22. The molecule has 0 radical (unpaired) electrons. The van der Waals surface area contributed by atoms with Gasteiger partial charge in [-0.2, -0.15) is 5.10 Å². The molecule has 2 N–H and O–H groups in total. The smallest absolute Gasteiger partial charge is 0.252 e. The molecular weight excluding hydrogens is 414 g/mol. The Bertz CT molecular complexity index is 1330. The molecule has 0 aliphatic heterocycles. The molecular formula is C26H27N5O2. The van der Waals surface area contributed by atoms with E-state index in [0.717, 1.165) is 27.9 Å². The highest BCUT2D eigenvalue weighted by Crippen LogP contribution is 2.27. The van der Waals surface area contributed by atoms with Crippen LogP contribution in [0.2, 0.25) is 0 Å². The van der Waals surface area contributed by atoms with Gasteiger partial charge in [0.25, 0.3) is 5.91 Å². The van der Waals surface area contributed by atoms with Crippen molar-refractivity contribution in [2.24, 2.45) is 13.0 Å². The van der Waals surface area contributed by atoms with Crippen molar-refractivity contribution in [1.29, 1.82) is 0 Å². The normalized spacial score (nSPS) is 11.1. The maximum atomic E-state index is 13.3. The Labute approximate surface area is 192 Å². The summed E-state index contributed by atoms with van der Waals surface area (Å²) in [5, 5.41) is 11.1. The Balaban J connectivity index is 1.62. The molecule has 33 heavy (non-hydrogen) atoms. The Hall–Kier alpha value is -4.00. The van der Waals surface area contributed by atoms with E-state index in [1.54, 1.807) is 4.68 Å². The zero-order valence-electron chi connectivity index (χ0n) is 19.2. The van der Waals surface area contributed by atoms with E-state index < -0.39 is 0 Å². The summed E-state index contributed by atoms with van der Waals surface area (Å²) in [6, 6.07) is 19.1. The van der Waals surface area contributed by atoms with E-state index in [1.807, 2.05) is 88.5 Å². The molecule has 2 aromatic heterocycles. The zero-order valence-corrected chi connectivity index (χ0v) is 19.2. The minimum absolute atomic E-state index is 0.0455. The van der Waals surface area contributed by atoms with Crippen LogP contribution < -0.4 is 10.6 Å². The topological polar surface area (TPSA) is 88.9 Å². The molecule has 7 nitrogen and oxygen atoms in total. The van der Waals surface area contributed by atoms with Crippen LogP contribution in [0, 0.1) is 12.8 Å². The number of carbonyl (C=O) groups is 2. The first-order valence-corrected chi connectivity index (χ1v) is 10.9. The van der Waals surface area contributed by atoms with Crippen molar-refractivity contribution in [2.75, 3.05) is 5.32 Å². The van der Waals surface area contributed by atoms with Crippen LogP contribution in [0.3, 0.4) is 0 Å². The highest BCUT2D eigenvalue weighted by molar-refractivity contribution is 6.07. The maximum Gasteiger partial charge on any atom is 0.252 e. The molecule has 0 bridgehead atoms. The van der Waals surface area contributed by atoms with E-state index in [1.165, 1.54) is 0 Å². The Morgan fingerprint density at radius 1 is 1.03 bits per heavy atom. The van der Waals surface area contributed by atoms with Crippen LogP contribution in [-0.2, 0) is 18.4 Å². The summed E-state index contributed by atoms with van der Waals surface area (Å²) in [7, 11) is 1.83. The van der Waals surface area contributed by atoms with Gasteiger partial charge in [0.1, 0.15) is 0 Å². The second-order valence-electron chi connectivity index (χ2n) is 8.36.